The summed E-state index contributed by atoms with van der Waals surface area (Å²) in [6.07, 6.45) is 4.23. The molecule has 1 saturated carbocycles. The summed E-state index contributed by atoms with van der Waals surface area (Å²) < 4.78 is 0. The summed E-state index contributed by atoms with van der Waals surface area (Å²) in [7, 11) is -0.666. The van der Waals surface area contributed by atoms with Gasteiger partial charge in [0.05, 0.1) is 5.91 Å². The number of halogens is 2. The number of amides is 1. The molecule has 1 amide bonds. The van der Waals surface area contributed by atoms with Crippen LogP contribution in [0.5, 0.6) is 0 Å². The van der Waals surface area contributed by atoms with E-state index in [-0.39, 0.29) is 58.4 Å². The minimum Gasteiger partial charge on any atom is -1.00 e. The molecule has 2 aliphatic carbocycles. The molecule has 2 nitrogen and oxygen atoms in total. The Labute approximate surface area is 197 Å². The average molecular weight is 466 g/mol. The van der Waals surface area contributed by atoms with Crippen molar-refractivity contribution < 1.29 is 51.3 Å². The Morgan fingerprint density at radius 2 is 1.46 bits per heavy atom. The van der Waals surface area contributed by atoms with Crippen molar-refractivity contribution in [2.75, 3.05) is 0 Å². The Balaban J connectivity index is 0.00000131. The SMILES string of the molecule is C[Si](C)C1CCCCC1(C([NH-])=O)C1c2ccccc2-c2ccccc21.[Cl-].[Cl-].[Ti+3]. The Kier molecular flexibility index (Phi) is 9.05. The number of carbonyl (C=O) groups excluding carboxylic acids is 1. The molecule has 6 heteroatoms. The predicted octanol–water partition coefficient (Wildman–Crippen LogP) is 0.0682. The molecule has 1 N–H and O–H groups in total. The summed E-state index contributed by atoms with van der Waals surface area (Å²) in [6, 6.07) is 17.1. The third-order valence-corrected chi connectivity index (χ3v) is 8.62. The Morgan fingerprint density at radius 3 is 1.93 bits per heavy atom. The van der Waals surface area contributed by atoms with Gasteiger partial charge in [0.15, 0.2) is 0 Å². The smallest absolute Gasteiger partial charge is 1.00 e. The van der Waals surface area contributed by atoms with Crippen LogP contribution in [0.4, 0.5) is 0 Å². The maximum atomic E-state index is 12.9. The summed E-state index contributed by atoms with van der Waals surface area (Å²) in [5, 5.41) is 0. The van der Waals surface area contributed by atoms with Gasteiger partial charge in [0.25, 0.3) is 0 Å². The fourth-order valence-electron chi connectivity index (χ4n) is 5.46. The Hall–Kier alpha value is -0.579. The molecule has 2 aromatic carbocycles. The maximum absolute atomic E-state index is 12.9. The second-order valence-electron chi connectivity index (χ2n) is 7.85. The van der Waals surface area contributed by atoms with Gasteiger partial charge in [-0.1, -0.05) is 80.9 Å². The molecule has 2 unspecified atom stereocenters. The molecule has 2 aromatic rings. The predicted molar refractivity (Wildman–Crippen MR) is 105 cm³/mol. The van der Waals surface area contributed by atoms with Gasteiger partial charge in [-0.3, -0.25) is 0 Å². The average Bonchev–Trinajstić information content (AvgIpc) is 2.96. The minimum absolute atomic E-state index is 0. The van der Waals surface area contributed by atoms with Crippen LogP contribution in [0, 0.1) is 5.41 Å². The van der Waals surface area contributed by atoms with Gasteiger partial charge in [0.2, 0.25) is 0 Å². The molecule has 0 saturated heterocycles. The fourth-order valence-corrected chi connectivity index (χ4v) is 7.71. The van der Waals surface area contributed by atoms with Crippen LogP contribution in [0.1, 0.15) is 42.7 Å². The van der Waals surface area contributed by atoms with Gasteiger partial charge in [-0.15, -0.1) is 0 Å². The summed E-state index contributed by atoms with van der Waals surface area (Å²) in [6.45, 7) is 4.65. The number of carbonyl (C=O) groups is 1. The van der Waals surface area contributed by atoms with E-state index in [9.17, 15) is 4.79 Å². The molecule has 2 radical (unpaired) electrons. The number of fused-ring (bicyclic) bond motifs is 3. The van der Waals surface area contributed by atoms with E-state index in [0.29, 0.717) is 5.54 Å². The topological polar surface area (TPSA) is 40.9 Å². The van der Waals surface area contributed by atoms with E-state index >= 15 is 0 Å². The molecule has 1 fully saturated rings. The maximum Gasteiger partial charge on any atom is 3.00 e. The molecule has 2 aliphatic rings. The van der Waals surface area contributed by atoms with Crippen molar-refractivity contribution in [1.82, 2.24) is 0 Å². The van der Waals surface area contributed by atoms with Gasteiger partial charge in [0.1, 0.15) is 0 Å². The zero-order chi connectivity index (χ0) is 17.6. The van der Waals surface area contributed by atoms with Gasteiger partial charge in [0, 0.05) is 20.1 Å². The second-order valence-corrected chi connectivity index (χ2v) is 10.7. The van der Waals surface area contributed by atoms with Crippen LogP contribution in [-0.2, 0) is 26.5 Å². The molecule has 28 heavy (non-hydrogen) atoms. The number of nitrogens with one attached hydrogen (secondary N) is 1. The molecule has 0 heterocycles. The number of rotatable bonds is 3. The first-order chi connectivity index (χ1) is 12.1. The van der Waals surface area contributed by atoms with E-state index in [0.717, 1.165) is 19.3 Å². The van der Waals surface area contributed by atoms with Crippen LogP contribution in [0.15, 0.2) is 48.5 Å². The zero-order valence-electron chi connectivity index (χ0n) is 16.3. The quantitative estimate of drug-likeness (QED) is 0.591. The van der Waals surface area contributed by atoms with E-state index in [1.54, 1.807) is 0 Å². The van der Waals surface area contributed by atoms with Gasteiger partial charge >= 0.3 is 21.7 Å². The van der Waals surface area contributed by atoms with Crippen molar-refractivity contribution in [2.45, 2.75) is 50.2 Å². The molecule has 0 aliphatic heterocycles. The molecule has 2 atom stereocenters. The number of benzene rings is 2. The second kappa shape index (κ2) is 9.95. The molecule has 0 bridgehead atoms. The molecular weight excluding hydrogens is 441 g/mol. The molecule has 146 valence electrons. The molecule has 0 aromatic heterocycles. The Morgan fingerprint density at radius 1 is 0.964 bits per heavy atom. The monoisotopic (exact) mass is 465 g/mol. The van der Waals surface area contributed by atoms with E-state index in [4.69, 9.17) is 5.73 Å². The van der Waals surface area contributed by atoms with Crippen molar-refractivity contribution in [1.29, 1.82) is 0 Å². The first-order valence-electron chi connectivity index (χ1n) is 9.31. The molecule has 0 spiro atoms. The van der Waals surface area contributed by atoms with Crippen molar-refractivity contribution >= 4 is 14.7 Å². The van der Waals surface area contributed by atoms with Gasteiger partial charge < -0.3 is 35.3 Å². The van der Waals surface area contributed by atoms with Crippen molar-refractivity contribution in [3.8, 4) is 11.1 Å². The van der Waals surface area contributed by atoms with Crippen molar-refractivity contribution in [3.05, 3.63) is 65.4 Å². The summed E-state index contributed by atoms with van der Waals surface area (Å²) >= 11 is 0. The standard InChI is InChI=1S/C22H26NOSi.2ClH.Ti/c1-25(2)19-13-7-8-14-22(19,21(23)24)20-17-11-5-3-9-15(17)16-10-4-6-12-18(16)20;;;/h3-6,9-12,19-20H,7-8,13-14H2,1-2H3,(H2,23,24);2*1H;/q;;;+3/p-3. The number of hydrogen-bond acceptors (Lipinski definition) is 1. The summed E-state index contributed by atoms with van der Waals surface area (Å²) in [5.41, 5.74) is 13.2. The third-order valence-electron chi connectivity index (χ3n) is 6.42. The van der Waals surface area contributed by atoms with Crippen LogP contribution < -0.4 is 24.8 Å². The summed E-state index contributed by atoms with van der Waals surface area (Å²) in [4.78, 5) is 12.9. The van der Waals surface area contributed by atoms with Crippen LogP contribution in [0.3, 0.4) is 0 Å². The Bertz CT molecular complexity index is 786. The first-order valence-corrected chi connectivity index (χ1v) is 11.9. The first kappa shape index (κ1) is 25.5. The van der Waals surface area contributed by atoms with E-state index < -0.39 is 14.2 Å². The van der Waals surface area contributed by atoms with Gasteiger partial charge in [-0.05, 0) is 34.2 Å². The van der Waals surface area contributed by atoms with Crippen LogP contribution in [0.2, 0.25) is 18.6 Å². The fraction of sp³-hybridized carbons (Fsp3) is 0.409. The van der Waals surface area contributed by atoms with E-state index in [1.165, 1.54) is 28.7 Å². The summed E-state index contributed by atoms with van der Waals surface area (Å²) in [5.74, 6) is -0.282. The molecular formula is C22H25Cl2NOSiTi. The number of hydrogen-bond donors (Lipinski definition) is 0. The third kappa shape index (κ3) is 3.77. The molecule has 4 rings (SSSR count). The zero-order valence-corrected chi connectivity index (χ0v) is 20.3. The van der Waals surface area contributed by atoms with E-state index in [2.05, 4.69) is 61.6 Å². The van der Waals surface area contributed by atoms with Crippen LogP contribution in [0.25, 0.3) is 16.9 Å². The largest absolute Gasteiger partial charge is 3.00 e. The van der Waals surface area contributed by atoms with Crippen LogP contribution in [-0.4, -0.2) is 14.7 Å². The van der Waals surface area contributed by atoms with Crippen LogP contribution >= 0.6 is 0 Å². The normalized spacial score (nSPS) is 22.9. The van der Waals surface area contributed by atoms with Crippen molar-refractivity contribution in [2.24, 2.45) is 5.41 Å². The van der Waals surface area contributed by atoms with E-state index in [1.807, 2.05) is 0 Å². The minimum atomic E-state index is -0.666. The van der Waals surface area contributed by atoms with Gasteiger partial charge in [-0.2, -0.15) is 0 Å². The van der Waals surface area contributed by atoms with Crippen molar-refractivity contribution in [3.63, 3.8) is 0 Å². The van der Waals surface area contributed by atoms with Gasteiger partial charge in [-0.25, -0.2) is 0 Å².